The van der Waals surface area contributed by atoms with Crippen LogP contribution in [0.25, 0.3) is 0 Å². The third-order valence-electron chi connectivity index (χ3n) is 4.74. The van der Waals surface area contributed by atoms with Crippen LogP contribution < -0.4 is 16.4 Å². The smallest absolute Gasteiger partial charge is 0.326 e. The Morgan fingerprint density at radius 1 is 1.14 bits per heavy atom. The van der Waals surface area contributed by atoms with Gasteiger partial charge in [0, 0.05) is 13.0 Å². The van der Waals surface area contributed by atoms with Crippen molar-refractivity contribution >= 4 is 23.7 Å². The number of carbonyl (C=O) groups excluding carboxylic acids is 3. The van der Waals surface area contributed by atoms with Crippen molar-refractivity contribution in [2.75, 3.05) is 19.7 Å². The van der Waals surface area contributed by atoms with E-state index in [1.807, 2.05) is 0 Å². The molecule has 0 aliphatic carbocycles. The average molecular weight is 406 g/mol. The first-order valence-corrected chi connectivity index (χ1v) is 9.35. The lowest BCUT2D eigenvalue weighted by molar-refractivity contribution is -0.145. The van der Waals surface area contributed by atoms with E-state index in [0.717, 1.165) is 5.56 Å². The summed E-state index contributed by atoms with van der Waals surface area (Å²) in [5, 5.41) is 23.7. The molecule has 0 spiro atoms. The summed E-state index contributed by atoms with van der Waals surface area (Å²) in [7, 11) is 0. The number of aliphatic hydroxyl groups is 1. The van der Waals surface area contributed by atoms with E-state index in [0.29, 0.717) is 12.8 Å². The van der Waals surface area contributed by atoms with E-state index >= 15 is 0 Å². The zero-order valence-corrected chi connectivity index (χ0v) is 15.9. The third kappa shape index (κ3) is 6.00. The van der Waals surface area contributed by atoms with Gasteiger partial charge in [-0.1, -0.05) is 30.3 Å². The summed E-state index contributed by atoms with van der Waals surface area (Å²) in [5.74, 6) is -2.98. The Balaban J connectivity index is 2.06. The van der Waals surface area contributed by atoms with Crippen molar-refractivity contribution in [3.8, 4) is 0 Å². The summed E-state index contributed by atoms with van der Waals surface area (Å²) < 4.78 is 0. The average Bonchev–Trinajstić information content (AvgIpc) is 3.21. The van der Waals surface area contributed by atoms with Gasteiger partial charge in [0.15, 0.2) is 0 Å². The van der Waals surface area contributed by atoms with Crippen LogP contribution in [-0.4, -0.2) is 76.6 Å². The molecule has 1 heterocycles. The monoisotopic (exact) mass is 406 g/mol. The number of carboxylic acid groups (broad SMARTS) is 1. The van der Waals surface area contributed by atoms with Crippen molar-refractivity contribution in [2.45, 2.75) is 37.4 Å². The number of benzene rings is 1. The molecule has 1 saturated heterocycles. The van der Waals surface area contributed by atoms with Crippen molar-refractivity contribution in [1.82, 2.24) is 15.5 Å². The summed E-state index contributed by atoms with van der Waals surface area (Å²) >= 11 is 0. The van der Waals surface area contributed by atoms with Gasteiger partial charge in [-0.05, 0) is 18.4 Å². The highest BCUT2D eigenvalue weighted by molar-refractivity contribution is 5.94. The van der Waals surface area contributed by atoms with Gasteiger partial charge in [0.05, 0.1) is 13.2 Å². The molecular weight excluding hydrogens is 380 g/mol. The molecule has 6 N–H and O–H groups in total. The Hall–Kier alpha value is -2.98. The lowest BCUT2D eigenvalue weighted by atomic mass is 10.1. The molecule has 3 atom stereocenters. The molecule has 29 heavy (non-hydrogen) atoms. The van der Waals surface area contributed by atoms with Crippen LogP contribution in [0.15, 0.2) is 30.3 Å². The number of aliphatic carboxylic acids is 1. The molecule has 10 heteroatoms. The normalized spacial score (nSPS) is 18.0. The molecule has 3 amide bonds. The van der Waals surface area contributed by atoms with Crippen LogP contribution in [0.5, 0.6) is 0 Å². The number of carbonyl (C=O) groups is 4. The van der Waals surface area contributed by atoms with E-state index in [1.165, 1.54) is 4.90 Å². The van der Waals surface area contributed by atoms with E-state index in [-0.39, 0.29) is 19.5 Å². The number of amides is 3. The molecule has 1 aromatic rings. The summed E-state index contributed by atoms with van der Waals surface area (Å²) in [6.07, 6.45) is 1.01. The number of aliphatic hydroxyl groups excluding tert-OH is 1. The molecule has 1 fully saturated rings. The van der Waals surface area contributed by atoms with Crippen LogP contribution in [-0.2, 0) is 25.6 Å². The minimum atomic E-state index is -1.21. The van der Waals surface area contributed by atoms with Gasteiger partial charge in [0.1, 0.15) is 18.1 Å². The van der Waals surface area contributed by atoms with Crippen molar-refractivity contribution in [1.29, 1.82) is 0 Å². The van der Waals surface area contributed by atoms with E-state index in [4.69, 9.17) is 5.73 Å². The highest BCUT2D eigenvalue weighted by atomic mass is 16.4. The molecule has 2 rings (SSSR count). The number of rotatable bonds is 9. The highest BCUT2D eigenvalue weighted by Gasteiger charge is 2.38. The standard InChI is InChI=1S/C19H26N4O6/c20-10-16(25)21-14(11-24)18(27)23-8-4-7-15(23)17(26)22-13(19(28)29)9-12-5-2-1-3-6-12/h1-3,5-6,13-15,24H,4,7-11,20H2,(H,21,25)(H,22,26)(H,28,29). The fourth-order valence-electron chi connectivity index (χ4n) is 3.26. The predicted octanol–water partition coefficient (Wildman–Crippen LogP) is -1.77. The van der Waals surface area contributed by atoms with Crippen LogP contribution in [0.1, 0.15) is 18.4 Å². The molecule has 1 aliphatic rings. The Kier molecular flexibility index (Phi) is 8.10. The van der Waals surface area contributed by atoms with Crippen LogP contribution in [0.2, 0.25) is 0 Å². The number of nitrogens with two attached hydrogens (primary N) is 1. The number of likely N-dealkylation sites (tertiary alicyclic amines) is 1. The summed E-state index contributed by atoms with van der Waals surface area (Å²) in [6, 6.07) is 5.66. The van der Waals surface area contributed by atoms with Crippen LogP contribution in [0.3, 0.4) is 0 Å². The maximum absolute atomic E-state index is 12.7. The number of nitrogens with one attached hydrogen (secondary N) is 2. The molecule has 0 radical (unpaired) electrons. The van der Waals surface area contributed by atoms with Crippen molar-refractivity contribution < 1.29 is 29.4 Å². The lowest BCUT2D eigenvalue weighted by Crippen LogP contribution is -2.57. The molecule has 0 aromatic heterocycles. The number of carboxylic acids is 1. The SMILES string of the molecule is NCC(=O)NC(CO)C(=O)N1CCCC1C(=O)NC(Cc1ccccc1)C(=O)O. The Morgan fingerprint density at radius 3 is 2.41 bits per heavy atom. The second-order valence-corrected chi connectivity index (χ2v) is 6.79. The van der Waals surface area contributed by atoms with E-state index in [2.05, 4.69) is 10.6 Å². The van der Waals surface area contributed by atoms with Gasteiger partial charge in [-0.3, -0.25) is 14.4 Å². The number of nitrogens with zero attached hydrogens (tertiary/aromatic N) is 1. The molecule has 3 unspecified atom stereocenters. The quantitative estimate of drug-likeness (QED) is 0.324. The number of hydrogen-bond acceptors (Lipinski definition) is 6. The minimum absolute atomic E-state index is 0.106. The molecule has 158 valence electrons. The molecule has 1 aliphatic heterocycles. The van der Waals surface area contributed by atoms with Crippen molar-refractivity contribution in [3.63, 3.8) is 0 Å². The van der Waals surface area contributed by atoms with Gasteiger partial charge in [-0.15, -0.1) is 0 Å². The van der Waals surface area contributed by atoms with Gasteiger partial charge in [0.2, 0.25) is 17.7 Å². The largest absolute Gasteiger partial charge is 0.480 e. The highest BCUT2D eigenvalue weighted by Crippen LogP contribution is 2.19. The van der Waals surface area contributed by atoms with Gasteiger partial charge in [0.25, 0.3) is 0 Å². The lowest BCUT2D eigenvalue weighted by Gasteiger charge is -2.28. The van der Waals surface area contributed by atoms with Gasteiger partial charge < -0.3 is 31.5 Å². The summed E-state index contributed by atoms with van der Waals surface area (Å²) in [4.78, 5) is 49.7. The Labute approximate surface area is 168 Å². The first-order valence-electron chi connectivity index (χ1n) is 9.35. The Bertz CT molecular complexity index is 741. The fourth-order valence-corrected chi connectivity index (χ4v) is 3.26. The van der Waals surface area contributed by atoms with Crippen LogP contribution >= 0.6 is 0 Å². The molecule has 0 saturated carbocycles. The zero-order valence-electron chi connectivity index (χ0n) is 15.9. The maximum atomic E-state index is 12.7. The van der Waals surface area contributed by atoms with Crippen LogP contribution in [0.4, 0.5) is 0 Å². The molecule has 10 nitrogen and oxygen atoms in total. The molecule has 1 aromatic carbocycles. The first kappa shape index (κ1) is 22.3. The first-order chi connectivity index (χ1) is 13.9. The maximum Gasteiger partial charge on any atom is 0.326 e. The predicted molar refractivity (Wildman–Crippen MR) is 103 cm³/mol. The van der Waals surface area contributed by atoms with Gasteiger partial charge in [-0.2, -0.15) is 0 Å². The van der Waals surface area contributed by atoms with Gasteiger partial charge in [-0.25, -0.2) is 4.79 Å². The molecule has 0 bridgehead atoms. The summed E-state index contributed by atoms with van der Waals surface area (Å²) in [6.45, 7) is -0.711. The van der Waals surface area contributed by atoms with Crippen LogP contribution in [0, 0.1) is 0 Å². The number of hydrogen-bond donors (Lipinski definition) is 5. The summed E-state index contributed by atoms with van der Waals surface area (Å²) in [5.41, 5.74) is 5.97. The molecular formula is C19H26N4O6. The fraction of sp³-hybridized carbons (Fsp3) is 0.474. The second kappa shape index (κ2) is 10.5. The van der Waals surface area contributed by atoms with Crippen molar-refractivity contribution in [3.05, 3.63) is 35.9 Å². The third-order valence-corrected chi connectivity index (χ3v) is 4.74. The second-order valence-electron chi connectivity index (χ2n) is 6.79. The topological polar surface area (TPSA) is 162 Å². The van der Waals surface area contributed by atoms with Crippen molar-refractivity contribution in [2.24, 2.45) is 5.73 Å². The van der Waals surface area contributed by atoms with E-state index in [9.17, 15) is 29.4 Å². The van der Waals surface area contributed by atoms with E-state index in [1.54, 1.807) is 30.3 Å². The van der Waals surface area contributed by atoms with Gasteiger partial charge >= 0.3 is 5.97 Å². The van der Waals surface area contributed by atoms with E-state index < -0.39 is 48.4 Å². The minimum Gasteiger partial charge on any atom is -0.480 e. The zero-order chi connectivity index (χ0) is 21.4. The Morgan fingerprint density at radius 2 is 1.83 bits per heavy atom.